The van der Waals surface area contributed by atoms with Crippen LogP contribution in [0.4, 0.5) is 30.7 Å². The van der Waals surface area contributed by atoms with Gasteiger partial charge in [-0.15, -0.1) is 0 Å². The molecule has 0 spiro atoms. The summed E-state index contributed by atoms with van der Waals surface area (Å²) in [4.78, 5) is 24.3. The summed E-state index contributed by atoms with van der Waals surface area (Å²) >= 11 is 0. The fraction of sp³-hybridized carbons (Fsp3) is 0.227. The van der Waals surface area contributed by atoms with Gasteiger partial charge in [0.05, 0.1) is 29.3 Å². The predicted octanol–water partition coefficient (Wildman–Crippen LogP) is 2.95. The van der Waals surface area contributed by atoms with Gasteiger partial charge in [0.1, 0.15) is 17.6 Å². The number of halogens is 7. The fourth-order valence-electron chi connectivity index (χ4n) is 2.84. The van der Waals surface area contributed by atoms with Crippen molar-refractivity contribution in [2.45, 2.75) is 18.4 Å². The molecule has 8 nitrogen and oxygen atoms in total. The van der Waals surface area contributed by atoms with Gasteiger partial charge in [0.15, 0.2) is 0 Å². The predicted molar refractivity (Wildman–Crippen MR) is 115 cm³/mol. The third kappa shape index (κ3) is 8.10. The van der Waals surface area contributed by atoms with Gasteiger partial charge in [-0.05, 0) is 35.9 Å². The molecule has 0 saturated carbocycles. The van der Waals surface area contributed by atoms with E-state index >= 15 is 0 Å². The number of hydrogen-bond donors (Lipinski definition) is 4. The lowest BCUT2D eigenvalue weighted by Crippen LogP contribution is -2.38. The normalized spacial score (nSPS) is 12.9. The van der Waals surface area contributed by atoms with E-state index in [1.807, 2.05) is 0 Å². The van der Waals surface area contributed by atoms with Gasteiger partial charge in [0, 0.05) is 12.7 Å². The highest BCUT2D eigenvalue weighted by Gasteiger charge is 2.32. The number of nitrogens with two attached hydrogens (primary N) is 2. The van der Waals surface area contributed by atoms with Crippen molar-refractivity contribution in [2.24, 2.45) is 11.6 Å². The number of nitrogens with zero attached hydrogens (tertiary/aromatic N) is 2. The molecule has 2 amide bonds. The first-order chi connectivity index (χ1) is 17.1. The van der Waals surface area contributed by atoms with Crippen LogP contribution in [0.25, 0.3) is 0 Å². The Morgan fingerprint density at radius 3 is 2.11 bits per heavy atom. The van der Waals surface area contributed by atoms with Crippen LogP contribution in [0.1, 0.15) is 33.1 Å². The molecular formula is C22H19F7N6O2. The molecule has 0 saturated heterocycles. The van der Waals surface area contributed by atoms with Crippen LogP contribution in [0.5, 0.6) is 0 Å². The number of hydrogen-bond acceptors (Lipinski definition) is 6. The first-order valence-electron chi connectivity index (χ1n) is 10.1. The fourth-order valence-corrected chi connectivity index (χ4v) is 2.84. The van der Waals surface area contributed by atoms with E-state index in [9.17, 15) is 45.6 Å². The number of amides is 2. The van der Waals surface area contributed by atoms with Crippen molar-refractivity contribution < 1.29 is 40.3 Å². The molecule has 2 aromatic rings. The van der Waals surface area contributed by atoms with E-state index < -0.39 is 58.4 Å². The van der Waals surface area contributed by atoms with E-state index in [1.54, 1.807) is 6.07 Å². The zero-order valence-electron chi connectivity index (χ0n) is 18.6. The van der Waals surface area contributed by atoms with Gasteiger partial charge in [-0.3, -0.25) is 9.59 Å². The number of alkyl halides is 6. The monoisotopic (exact) mass is 532 g/mol. The summed E-state index contributed by atoms with van der Waals surface area (Å²) < 4.78 is 89.7. The number of carbonyl (C=O) groups is 2. The highest BCUT2D eigenvalue weighted by molar-refractivity contribution is 5.94. The van der Waals surface area contributed by atoms with E-state index in [4.69, 9.17) is 11.6 Å². The van der Waals surface area contributed by atoms with Gasteiger partial charge >= 0.3 is 12.4 Å². The maximum Gasteiger partial charge on any atom is 0.416 e. The molecule has 0 radical (unpaired) electrons. The summed E-state index contributed by atoms with van der Waals surface area (Å²) in [5, 5.41) is 14.6. The Morgan fingerprint density at radius 1 is 1.03 bits per heavy atom. The standard InChI is InChI=1S/C22H19F7N6O2/c23-16-9-14(22(27,28)29)5-6-15(16)19(36)33-7-8-35(32)11-17(31)20(37)34-18(10-30)12-1-3-13(4-2-12)21(24,25)26/h1-6,9,11,18H,7-8,31-32H2,(H,33,36)(H,34,37)/b17-11-. The van der Waals surface area contributed by atoms with E-state index in [2.05, 4.69) is 10.6 Å². The zero-order chi connectivity index (χ0) is 28.0. The maximum absolute atomic E-state index is 13.9. The minimum atomic E-state index is -4.78. The molecule has 0 fully saturated rings. The molecule has 6 N–H and O–H groups in total. The molecule has 2 rings (SSSR count). The highest BCUT2D eigenvalue weighted by Crippen LogP contribution is 2.31. The van der Waals surface area contributed by atoms with E-state index in [0.29, 0.717) is 12.1 Å². The van der Waals surface area contributed by atoms with Crippen LogP contribution < -0.4 is 22.2 Å². The molecule has 0 bridgehead atoms. The number of benzene rings is 2. The minimum absolute atomic E-state index is 0.0689. The Bertz CT molecular complexity index is 1200. The van der Waals surface area contributed by atoms with E-state index in [1.165, 1.54) is 0 Å². The van der Waals surface area contributed by atoms with Crippen LogP contribution in [0, 0.1) is 17.1 Å². The average molecular weight is 532 g/mol. The maximum atomic E-state index is 13.9. The van der Waals surface area contributed by atoms with E-state index in [0.717, 1.165) is 35.5 Å². The summed E-state index contributed by atoms with van der Waals surface area (Å²) in [5.41, 5.74) is 2.36. The molecule has 0 aliphatic rings. The van der Waals surface area contributed by atoms with Crippen molar-refractivity contribution in [3.63, 3.8) is 0 Å². The lowest BCUT2D eigenvalue weighted by atomic mass is 10.1. The molecule has 1 unspecified atom stereocenters. The molecule has 37 heavy (non-hydrogen) atoms. The summed E-state index contributed by atoms with van der Waals surface area (Å²) in [7, 11) is 0. The molecule has 0 heterocycles. The number of hydrazine groups is 1. The first-order valence-corrected chi connectivity index (χ1v) is 10.1. The topological polar surface area (TPSA) is 137 Å². The summed E-state index contributed by atoms with van der Waals surface area (Å²) in [5.74, 6) is 2.28. The van der Waals surface area contributed by atoms with Gasteiger partial charge in [-0.25, -0.2) is 10.2 Å². The highest BCUT2D eigenvalue weighted by atomic mass is 19.4. The van der Waals surface area contributed by atoms with Gasteiger partial charge < -0.3 is 21.4 Å². The van der Waals surface area contributed by atoms with Gasteiger partial charge in [0.25, 0.3) is 11.8 Å². The van der Waals surface area contributed by atoms with Gasteiger partial charge in [0.2, 0.25) is 0 Å². The Labute approximate surface area is 205 Å². The molecule has 0 aliphatic carbocycles. The minimum Gasteiger partial charge on any atom is -0.393 e. The molecule has 15 heteroatoms. The SMILES string of the molecule is N#CC(NC(=O)/C(N)=C/N(N)CCNC(=O)c1ccc(C(F)(F)F)cc1F)c1ccc(C(F)(F)F)cc1. The Kier molecular flexibility index (Phi) is 9.07. The summed E-state index contributed by atoms with van der Waals surface area (Å²) in [6, 6.07) is 5.34. The Hall–Kier alpha value is -4.32. The number of nitriles is 1. The van der Waals surface area contributed by atoms with Crippen LogP contribution in [0.2, 0.25) is 0 Å². The second kappa shape index (κ2) is 11.6. The molecule has 0 aromatic heterocycles. The second-order valence-corrected chi connectivity index (χ2v) is 7.43. The van der Waals surface area contributed by atoms with Crippen LogP contribution in [-0.4, -0.2) is 29.9 Å². The molecule has 1 atom stereocenters. The smallest absolute Gasteiger partial charge is 0.393 e. The number of carbonyl (C=O) groups excluding carboxylic acids is 2. The van der Waals surface area contributed by atoms with Crippen molar-refractivity contribution in [3.05, 3.63) is 82.4 Å². The molecule has 198 valence electrons. The Balaban J connectivity index is 1.92. The van der Waals surface area contributed by atoms with Crippen molar-refractivity contribution >= 4 is 11.8 Å². The van der Waals surface area contributed by atoms with Crippen molar-refractivity contribution in [2.75, 3.05) is 13.1 Å². The third-order valence-electron chi connectivity index (χ3n) is 4.74. The molecular weight excluding hydrogens is 513 g/mol. The Morgan fingerprint density at radius 2 is 1.59 bits per heavy atom. The van der Waals surface area contributed by atoms with Crippen LogP contribution in [0.15, 0.2) is 54.4 Å². The van der Waals surface area contributed by atoms with Crippen LogP contribution in [0.3, 0.4) is 0 Å². The third-order valence-corrected chi connectivity index (χ3v) is 4.74. The van der Waals surface area contributed by atoms with Crippen LogP contribution >= 0.6 is 0 Å². The quantitative estimate of drug-likeness (QED) is 0.179. The van der Waals surface area contributed by atoms with Crippen molar-refractivity contribution in [1.29, 1.82) is 5.26 Å². The largest absolute Gasteiger partial charge is 0.416 e. The van der Waals surface area contributed by atoms with Crippen molar-refractivity contribution in [3.8, 4) is 6.07 Å². The number of nitrogens with one attached hydrogen (secondary N) is 2. The molecule has 2 aromatic carbocycles. The molecule has 0 aliphatic heterocycles. The lowest BCUT2D eigenvalue weighted by molar-refractivity contribution is -0.138. The van der Waals surface area contributed by atoms with Crippen LogP contribution in [-0.2, 0) is 17.1 Å². The lowest BCUT2D eigenvalue weighted by Gasteiger charge is -2.17. The first kappa shape index (κ1) is 28.9. The summed E-state index contributed by atoms with van der Waals surface area (Å²) in [6.07, 6.45) is -8.42. The van der Waals surface area contributed by atoms with Crippen molar-refractivity contribution in [1.82, 2.24) is 15.6 Å². The second-order valence-electron chi connectivity index (χ2n) is 7.43. The average Bonchev–Trinajstić information content (AvgIpc) is 2.81. The van der Waals surface area contributed by atoms with Gasteiger partial charge in [-0.1, -0.05) is 12.1 Å². The number of rotatable bonds is 8. The summed E-state index contributed by atoms with van der Waals surface area (Å²) in [6.45, 7) is -0.407. The van der Waals surface area contributed by atoms with Gasteiger partial charge in [-0.2, -0.15) is 31.6 Å². The van der Waals surface area contributed by atoms with E-state index in [-0.39, 0.29) is 24.7 Å². The zero-order valence-corrected chi connectivity index (χ0v) is 18.6.